The summed E-state index contributed by atoms with van der Waals surface area (Å²) in [6.45, 7) is 2.27. The number of benzene rings is 1. The molecule has 0 spiro atoms. The lowest BCUT2D eigenvalue weighted by Crippen LogP contribution is -2.35. The monoisotopic (exact) mass is 269 g/mol. The summed E-state index contributed by atoms with van der Waals surface area (Å²) in [4.78, 5) is 2.35. The van der Waals surface area contributed by atoms with Gasteiger partial charge in [-0.1, -0.05) is 12.1 Å². The van der Waals surface area contributed by atoms with Gasteiger partial charge in [-0.15, -0.1) is 0 Å². The van der Waals surface area contributed by atoms with Crippen LogP contribution < -0.4 is 4.74 Å². The van der Waals surface area contributed by atoms with Crippen LogP contribution in [0.15, 0.2) is 28.7 Å². The van der Waals surface area contributed by atoms with E-state index in [2.05, 4.69) is 27.9 Å². The van der Waals surface area contributed by atoms with E-state index in [9.17, 15) is 0 Å². The first-order chi connectivity index (χ1) is 7.25. The molecular formula is C12H16BrNO. The summed E-state index contributed by atoms with van der Waals surface area (Å²) in [5.74, 6) is 0.965. The van der Waals surface area contributed by atoms with Crippen LogP contribution in [0.4, 0.5) is 0 Å². The van der Waals surface area contributed by atoms with Gasteiger partial charge < -0.3 is 9.64 Å². The van der Waals surface area contributed by atoms with Crippen molar-refractivity contribution in [3.05, 3.63) is 28.7 Å². The largest absolute Gasteiger partial charge is 0.489 e. The van der Waals surface area contributed by atoms with E-state index in [0.29, 0.717) is 6.10 Å². The van der Waals surface area contributed by atoms with E-state index in [0.717, 1.165) is 36.2 Å². The minimum Gasteiger partial charge on any atom is -0.489 e. The molecular weight excluding hydrogens is 254 g/mol. The van der Waals surface area contributed by atoms with Gasteiger partial charge >= 0.3 is 0 Å². The highest BCUT2D eigenvalue weighted by molar-refractivity contribution is 9.10. The smallest absolute Gasteiger partial charge is 0.133 e. The van der Waals surface area contributed by atoms with Crippen LogP contribution in [0.25, 0.3) is 0 Å². The molecule has 1 aromatic carbocycles. The zero-order chi connectivity index (χ0) is 10.7. The Hall–Kier alpha value is -0.540. The SMILES string of the molecule is CN1CCC(Oc2ccccc2Br)CC1. The first-order valence-corrected chi connectivity index (χ1v) is 6.15. The van der Waals surface area contributed by atoms with Gasteiger partial charge in [0.05, 0.1) is 4.47 Å². The lowest BCUT2D eigenvalue weighted by atomic mass is 10.1. The van der Waals surface area contributed by atoms with E-state index in [1.54, 1.807) is 0 Å². The van der Waals surface area contributed by atoms with Crippen LogP contribution in [-0.2, 0) is 0 Å². The molecule has 0 amide bonds. The molecule has 0 aromatic heterocycles. The molecule has 0 radical (unpaired) electrons. The van der Waals surface area contributed by atoms with Gasteiger partial charge in [-0.25, -0.2) is 0 Å². The van der Waals surface area contributed by atoms with Crippen molar-refractivity contribution in [1.82, 2.24) is 4.90 Å². The summed E-state index contributed by atoms with van der Waals surface area (Å²) in [5.41, 5.74) is 0. The molecule has 3 heteroatoms. The molecule has 15 heavy (non-hydrogen) atoms. The number of likely N-dealkylation sites (tertiary alicyclic amines) is 1. The Morgan fingerprint density at radius 1 is 1.27 bits per heavy atom. The molecule has 0 atom stereocenters. The van der Waals surface area contributed by atoms with Crippen LogP contribution in [0.3, 0.4) is 0 Å². The lowest BCUT2D eigenvalue weighted by molar-refractivity contribution is 0.113. The molecule has 2 rings (SSSR count). The number of hydrogen-bond donors (Lipinski definition) is 0. The molecule has 1 aromatic rings. The maximum Gasteiger partial charge on any atom is 0.133 e. The minimum absolute atomic E-state index is 0.375. The topological polar surface area (TPSA) is 12.5 Å². The van der Waals surface area contributed by atoms with E-state index in [-0.39, 0.29) is 0 Å². The Morgan fingerprint density at radius 3 is 2.60 bits per heavy atom. The number of nitrogens with zero attached hydrogens (tertiary/aromatic N) is 1. The number of para-hydroxylation sites is 1. The van der Waals surface area contributed by atoms with Crippen molar-refractivity contribution < 1.29 is 4.74 Å². The molecule has 0 aliphatic carbocycles. The van der Waals surface area contributed by atoms with Gasteiger partial charge in [-0.3, -0.25) is 0 Å². The van der Waals surface area contributed by atoms with Crippen LogP contribution in [-0.4, -0.2) is 31.1 Å². The number of ether oxygens (including phenoxy) is 1. The van der Waals surface area contributed by atoms with Gasteiger partial charge in [-0.05, 0) is 48.0 Å². The Balaban J connectivity index is 1.95. The third-order valence-corrected chi connectivity index (χ3v) is 3.45. The van der Waals surface area contributed by atoms with Crippen molar-refractivity contribution in [1.29, 1.82) is 0 Å². The zero-order valence-electron chi connectivity index (χ0n) is 8.95. The van der Waals surface area contributed by atoms with Gasteiger partial charge in [0.25, 0.3) is 0 Å². The molecule has 1 fully saturated rings. The number of hydrogen-bond acceptors (Lipinski definition) is 2. The number of rotatable bonds is 2. The summed E-state index contributed by atoms with van der Waals surface area (Å²) in [6, 6.07) is 8.05. The zero-order valence-corrected chi connectivity index (χ0v) is 10.5. The molecule has 0 N–H and O–H groups in total. The summed E-state index contributed by atoms with van der Waals surface area (Å²) < 4.78 is 7.01. The third-order valence-electron chi connectivity index (χ3n) is 2.80. The maximum absolute atomic E-state index is 5.96. The Morgan fingerprint density at radius 2 is 1.93 bits per heavy atom. The van der Waals surface area contributed by atoms with E-state index in [1.165, 1.54) is 0 Å². The second-order valence-electron chi connectivity index (χ2n) is 4.05. The molecule has 82 valence electrons. The molecule has 1 saturated heterocycles. The average Bonchev–Trinajstić information content (AvgIpc) is 2.25. The summed E-state index contributed by atoms with van der Waals surface area (Å²) in [6.07, 6.45) is 2.62. The van der Waals surface area contributed by atoms with Crippen molar-refractivity contribution in [3.8, 4) is 5.75 Å². The fourth-order valence-electron chi connectivity index (χ4n) is 1.82. The Bertz CT molecular complexity index is 321. The van der Waals surface area contributed by atoms with Gasteiger partial charge in [-0.2, -0.15) is 0 Å². The van der Waals surface area contributed by atoms with Crippen LogP contribution in [0.5, 0.6) is 5.75 Å². The lowest BCUT2D eigenvalue weighted by Gasteiger charge is -2.29. The number of halogens is 1. The van der Waals surface area contributed by atoms with Crippen molar-refractivity contribution >= 4 is 15.9 Å². The van der Waals surface area contributed by atoms with Crippen molar-refractivity contribution in [2.24, 2.45) is 0 Å². The Labute approximate surface area is 99.4 Å². The normalized spacial score (nSPS) is 19.1. The second-order valence-corrected chi connectivity index (χ2v) is 4.91. The van der Waals surface area contributed by atoms with Gasteiger partial charge in [0.2, 0.25) is 0 Å². The molecule has 0 saturated carbocycles. The van der Waals surface area contributed by atoms with E-state index >= 15 is 0 Å². The van der Waals surface area contributed by atoms with E-state index in [4.69, 9.17) is 4.74 Å². The van der Waals surface area contributed by atoms with Crippen LogP contribution in [0, 0.1) is 0 Å². The number of piperidine rings is 1. The molecule has 2 nitrogen and oxygen atoms in total. The van der Waals surface area contributed by atoms with E-state index in [1.807, 2.05) is 24.3 Å². The van der Waals surface area contributed by atoms with Crippen molar-refractivity contribution in [3.63, 3.8) is 0 Å². The Kier molecular flexibility index (Phi) is 3.65. The standard InChI is InChI=1S/C12H16BrNO/c1-14-8-6-10(7-9-14)15-12-5-3-2-4-11(12)13/h2-5,10H,6-9H2,1H3. The summed E-state index contributed by atoms with van der Waals surface area (Å²) in [7, 11) is 2.16. The molecule has 0 unspecified atom stereocenters. The second kappa shape index (κ2) is 4.99. The molecule has 1 heterocycles. The highest BCUT2D eigenvalue weighted by Gasteiger charge is 2.18. The quantitative estimate of drug-likeness (QED) is 0.819. The third kappa shape index (κ3) is 2.95. The highest BCUT2D eigenvalue weighted by atomic mass is 79.9. The fourth-order valence-corrected chi connectivity index (χ4v) is 2.20. The maximum atomic E-state index is 5.96. The average molecular weight is 270 g/mol. The van der Waals surface area contributed by atoms with Crippen molar-refractivity contribution in [2.45, 2.75) is 18.9 Å². The van der Waals surface area contributed by atoms with Crippen LogP contribution >= 0.6 is 15.9 Å². The highest BCUT2D eigenvalue weighted by Crippen LogP contribution is 2.26. The molecule has 0 bridgehead atoms. The first-order valence-electron chi connectivity index (χ1n) is 5.35. The van der Waals surface area contributed by atoms with Gasteiger partial charge in [0.1, 0.15) is 11.9 Å². The molecule has 1 aliphatic heterocycles. The fraction of sp³-hybridized carbons (Fsp3) is 0.500. The summed E-state index contributed by atoms with van der Waals surface area (Å²) >= 11 is 3.50. The minimum atomic E-state index is 0.375. The predicted octanol–water partition coefficient (Wildman–Crippen LogP) is 2.92. The van der Waals surface area contributed by atoms with Gasteiger partial charge in [0.15, 0.2) is 0 Å². The van der Waals surface area contributed by atoms with Crippen LogP contribution in [0.1, 0.15) is 12.8 Å². The predicted molar refractivity (Wildman–Crippen MR) is 65.3 cm³/mol. The molecule has 1 aliphatic rings. The first kappa shape index (κ1) is 11.0. The van der Waals surface area contributed by atoms with Crippen LogP contribution in [0.2, 0.25) is 0 Å². The van der Waals surface area contributed by atoms with Gasteiger partial charge in [0, 0.05) is 13.1 Å². The van der Waals surface area contributed by atoms with Crippen molar-refractivity contribution in [2.75, 3.05) is 20.1 Å². The summed E-state index contributed by atoms with van der Waals surface area (Å²) in [5, 5.41) is 0. The van der Waals surface area contributed by atoms with E-state index < -0.39 is 0 Å².